The van der Waals surface area contributed by atoms with E-state index in [0.717, 1.165) is 30.9 Å². The number of isothiocyanates is 1. The molecule has 0 spiro atoms. The molecule has 1 aromatic rings. The highest BCUT2D eigenvalue weighted by Gasteiger charge is 2.19. The van der Waals surface area contributed by atoms with E-state index in [-0.39, 0.29) is 17.2 Å². The molecule has 0 saturated heterocycles. The number of thiocarbonyl (C=S) groups is 1. The zero-order chi connectivity index (χ0) is 18.1. The Morgan fingerprint density at radius 3 is 2.36 bits per heavy atom. The zero-order valence-electron chi connectivity index (χ0n) is 14.8. The first-order valence-electron chi connectivity index (χ1n) is 9.22. The molecule has 0 aromatic heterocycles. The normalized spacial score (nSPS) is 19.6. The number of rotatable bonds is 6. The maximum atomic E-state index is 14.0. The van der Waals surface area contributed by atoms with Gasteiger partial charge in [0.25, 0.3) is 0 Å². The van der Waals surface area contributed by atoms with Gasteiger partial charge in [-0.05, 0) is 43.8 Å². The molecule has 0 aliphatic heterocycles. The summed E-state index contributed by atoms with van der Waals surface area (Å²) in [4.78, 5) is 3.60. The van der Waals surface area contributed by atoms with Gasteiger partial charge in [0.15, 0.2) is 0 Å². The molecule has 1 aliphatic rings. The van der Waals surface area contributed by atoms with Gasteiger partial charge in [-0.25, -0.2) is 8.78 Å². The Kier molecular flexibility index (Phi) is 8.25. The van der Waals surface area contributed by atoms with Crippen molar-refractivity contribution in [1.29, 1.82) is 0 Å². The third kappa shape index (κ3) is 6.34. The van der Waals surface area contributed by atoms with E-state index in [1.807, 2.05) is 0 Å². The Labute approximate surface area is 154 Å². The van der Waals surface area contributed by atoms with Crippen molar-refractivity contribution < 1.29 is 8.78 Å². The third-order valence-electron chi connectivity index (χ3n) is 4.92. The molecule has 1 nitrogen and oxygen atoms in total. The fraction of sp³-hybridized carbons (Fsp3) is 0.571. The number of halogens is 2. The van der Waals surface area contributed by atoms with Crippen LogP contribution < -0.4 is 0 Å². The standard InChI is InChI=1S/C21H25F2NS/c1-2-3-4-5-6-16-7-9-17(10-8-16)11-12-19-20(22)13-18(24-15-25)14-21(19)23/h13-14,16-17H,2-10H2,1H3. The maximum absolute atomic E-state index is 14.0. The van der Waals surface area contributed by atoms with Gasteiger partial charge in [0.1, 0.15) is 11.6 Å². The fourth-order valence-corrected chi connectivity index (χ4v) is 3.53. The van der Waals surface area contributed by atoms with Crippen molar-refractivity contribution in [2.45, 2.75) is 64.7 Å². The van der Waals surface area contributed by atoms with E-state index in [4.69, 9.17) is 0 Å². The minimum Gasteiger partial charge on any atom is -0.205 e. The number of hydrogen-bond acceptors (Lipinski definition) is 2. The van der Waals surface area contributed by atoms with Crippen LogP contribution >= 0.6 is 12.2 Å². The molecule has 25 heavy (non-hydrogen) atoms. The Bertz CT molecular complexity index is 652. The van der Waals surface area contributed by atoms with Crippen molar-refractivity contribution >= 4 is 23.1 Å². The molecular weight excluding hydrogens is 336 g/mol. The second-order valence-corrected chi connectivity index (χ2v) is 7.01. The molecule has 0 bridgehead atoms. The zero-order valence-corrected chi connectivity index (χ0v) is 15.6. The summed E-state index contributed by atoms with van der Waals surface area (Å²) < 4.78 is 28.0. The average molecular weight is 362 g/mol. The van der Waals surface area contributed by atoms with Gasteiger partial charge in [0.05, 0.1) is 16.4 Å². The first kappa shape index (κ1) is 19.8. The molecule has 2 rings (SSSR count). The molecule has 0 N–H and O–H groups in total. The van der Waals surface area contributed by atoms with E-state index in [9.17, 15) is 8.78 Å². The summed E-state index contributed by atoms with van der Waals surface area (Å²) in [5.41, 5.74) is -0.0517. The SMILES string of the molecule is CCCCCCC1CCC(C#Cc2c(F)cc(N=C=S)cc2F)CC1. The van der Waals surface area contributed by atoms with Crippen LogP contribution in [-0.2, 0) is 0 Å². The van der Waals surface area contributed by atoms with Gasteiger partial charge in [-0.15, -0.1) is 0 Å². The van der Waals surface area contributed by atoms with Crippen LogP contribution in [0.1, 0.15) is 70.3 Å². The highest BCUT2D eigenvalue weighted by molar-refractivity contribution is 7.78. The molecule has 0 amide bonds. The van der Waals surface area contributed by atoms with Crippen molar-refractivity contribution in [3.8, 4) is 11.8 Å². The minimum atomic E-state index is -0.693. The van der Waals surface area contributed by atoms with Crippen LogP contribution in [0.25, 0.3) is 0 Å². The number of aliphatic imine (C=N–C) groups is 1. The lowest BCUT2D eigenvalue weighted by Gasteiger charge is -2.25. The molecule has 1 fully saturated rings. The lowest BCUT2D eigenvalue weighted by atomic mass is 9.80. The molecule has 0 unspecified atom stereocenters. The summed E-state index contributed by atoms with van der Waals surface area (Å²) in [6.45, 7) is 2.23. The summed E-state index contributed by atoms with van der Waals surface area (Å²) in [5.74, 6) is 5.43. The monoisotopic (exact) mass is 361 g/mol. The molecule has 0 atom stereocenters. The second kappa shape index (κ2) is 10.4. The number of unbranched alkanes of at least 4 members (excludes halogenated alkanes) is 3. The Balaban J connectivity index is 1.89. The summed E-state index contributed by atoms with van der Waals surface area (Å²) in [7, 11) is 0. The van der Waals surface area contributed by atoms with Gasteiger partial charge < -0.3 is 0 Å². The van der Waals surface area contributed by atoms with Crippen LogP contribution in [0.3, 0.4) is 0 Å². The smallest absolute Gasteiger partial charge is 0.143 e. The van der Waals surface area contributed by atoms with E-state index in [1.54, 1.807) is 0 Å². The summed E-state index contributed by atoms with van der Waals surface area (Å²) in [6.07, 6.45) is 11.0. The fourth-order valence-electron chi connectivity index (χ4n) is 3.43. The highest BCUT2D eigenvalue weighted by atomic mass is 32.1. The predicted octanol–water partition coefficient (Wildman–Crippen LogP) is 6.83. The largest absolute Gasteiger partial charge is 0.205 e. The first-order valence-corrected chi connectivity index (χ1v) is 9.63. The van der Waals surface area contributed by atoms with Gasteiger partial charge in [0, 0.05) is 18.1 Å². The number of benzene rings is 1. The lowest BCUT2D eigenvalue weighted by molar-refractivity contribution is 0.294. The molecule has 134 valence electrons. The molecule has 1 saturated carbocycles. The van der Waals surface area contributed by atoms with Gasteiger partial charge in [0.2, 0.25) is 0 Å². The van der Waals surface area contributed by atoms with Crippen molar-refractivity contribution in [1.82, 2.24) is 0 Å². The van der Waals surface area contributed by atoms with Crippen molar-refractivity contribution in [2.75, 3.05) is 0 Å². The number of nitrogens with zero attached hydrogens (tertiary/aromatic N) is 1. The summed E-state index contributed by atoms with van der Waals surface area (Å²) >= 11 is 4.45. The highest BCUT2D eigenvalue weighted by Crippen LogP contribution is 2.32. The van der Waals surface area contributed by atoms with Gasteiger partial charge in [-0.3, -0.25) is 0 Å². The lowest BCUT2D eigenvalue weighted by Crippen LogP contribution is -2.13. The van der Waals surface area contributed by atoms with Gasteiger partial charge >= 0.3 is 0 Å². The molecular formula is C21H25F2NS. The van der Waals surface area contributed by atoms with E-state index < -0.39 is 11.6 Å². The average Bonchev–Trinajstić information content (AvgIpc) is 2.59. The van der Waals surface area contributed by atoms with Crippen LogP contribution in [0.5, 0.6) is 0 Å². The minimum absolute atomic E-state index is 0.124. The maximum Gasteiger partial charge on any atom is 0.143 e. The number of hydrogen-bond donors (Lipinski definition) is 0. The molecule has 1 aromatic carbocycles. The Morgan fingerprint density at radius 1 is 1.08 bits per heavy atom. The quantitative estimate of drug-likeness (QED) is 0.234. The molecule has 0 radical (unpaired) electrons. The van der Waals surface area contributed by atoms with Crippen LogP contribution in [-0.4, -0.2) is 5.16 Å². The van der Waals surface area contributed by atoms with Crippen LogP contribution in [0, 0.1) is 35.3 Å². The van der Waals surface area contributed by atoms with Crippen molar-refractivity contribution in [2.24, 2.45) is 16.8 Å². The topological polar surface area (TPSA) is 12.4 Å². The Morgan fingerprint density at radius 2 is 1.76 bits per heavy atom. The van der Waals surface area contributed by atoms with Crippen LogP contribution in [0.2, 0.25) is 0 Å². The third-order valence-corrected chi connectivity index (χ3v) is 5.01. The first-order chi connectivity index (χ1) is 12.1. The van der Waals surface area contributed by atoms with E-state index >= 15 is 0 Å². The van der Waals surface area contributed by atoms with Gasteiger partial charge in [-0.1, -0.05) is 50.9 Å². The van der Waals surface area contributed by atoms with E-state index in [2.05, 4.69) is 41.1 Å². The van der Waals surface area contributed by atoms with Crippen molar-refractivity contribution in [3.05, 3.63) is 29.3 Å². The van der Waals surface area contributed by atoms with Crippen LogP contribution in [0.15, 0.2) is 17.1 Å². The van der Waals surface area contributed by atoms with Crippen molar-refractivity contribution in [3.63, 3.8) is 0 Å². The summed E-state index contributed by atoms with van der Waals surface area (Å²) in [5, 5.41) is 2.11. The van der Waals surface area contributed by atoms with Crippen LogP contribution in [0.4, 0.5) is 14.5 Å². The van der Waals surface area contributed by atoms with Gasteiger partial charge in [-0.2, -0.15) is 4.99 Å². The summed E-state index contributed by atoms with van der Waals surface area (Å²) in [6, 6.07) is 2.28. The van der Waals surface area contributed by atoms with E-state index in [0.29, 0.717) is 0 Å². The molecule has 0 heterocycles. The second-order valence-electron chi connectivity index (χ2n) is 6.82. The van der Waals surface area contributed by atoms with E-state index in [1.165, 1.54) is 44.9 Å². The molecule has 1 aliphatic carbocycles. The Hall–Kier alpha value is -1.56. The molecule has 4 heteroatoms. The predicted molar refractivity (Wildman–Crippen MR) is 102 cm³/mol.